The Balaban J connectivity index is 1.44. The molecule has 0 radical (unpaired) electrons. The van der Waals surface area contributed by atoms with Gasteiger partial charge in [0.25, 0.3) is 11.8 Å². The fourth-order valence-corrected chi connectivity index (χ4v) is 5.16. The summed E-state index contributed by atoms with van der Waals surface area (Å²) in [5.74, 6) is -3.66. The van der Waals surface area contributed by atoms with Gasteiger partial charge in [-0.05, 0) is 43.4 Å². The largest absolute Gasteiger partial charge is 0.454 e. The van der Waals surface area contributed by atoms with Crippen LogP contribution in [0.5, 0.6) is 0 Å². The third-order valence-corrected chi connectivity index (χ3v) is 6.44. The normalized spacial score (nSPS) is 13.5. The van der Waals surface area contributed by atoms with Crippen molar-refractivity contribution in [3.8, 4) is 0 Å². The molecule has 4 rings (SSSR count). The molecule has 0 saturated carbocycles. The molecule has 8 nitrogen and oxygen atoms in total. The molecule has 174 valence electrons. The lowest BCUT2D eigenvalue weighted by molar-refractivity contribution is -0.152. The van der Waals surface area contributed by atoms with Gasteiger partial charge in [0, 0.05) is 4.88 Å². The number of carbonyl (C=O) groups is 3. The van der Waals surface area contributed by atoms with Crippen molar-refractivity contribution in [1.29, 1.82) is 0 Å². The van der Waals surface area contributed by atoms with Gasteiger partial charge in [0.2, 0.25) is 5.82 Å². The Kier molecular flexibility index (Phi) is 6.11. The summed E-state index contributed by atoms with van der Waals surface area (Å²) < 4.78 is 45.7. The van der Waals surface area contributed by atoms with Crippen LogP contribution in [-0.2, 0) is 39.9 Å². The molecular formula is C21H19F3N4O4S. The Bertz CT molecular complexity index is 1250. The van der Waals surface area contributed by atoms with Gasteiger partial charge in [0.15, 0.2) is 6.61 Å². The molecule has 0 spiro atoms. The predicted octanol–water partition coefficient (Wildman–Crippen LogP) is 3.28. The molecular weight excluding hydrogens is 461 g/mol. The zero-order chi connectivity index (χ0) is 23.8. The number of anilines is 1. The van der Waals surface area contributed by atoms with Crippen LogP contribution in [0.25, 0.3) is 11.0 Å². The molecule has 0 bridgehead atoms. The number of amides is 2. The third kappa shape index (κ3) is 4.70. The number of esters is 1. The first-order valence-electron chi connectivity index (χ1n) is 10.1. The van der Waals surface area contributed by atoms with E-state index in [9.17, 15) is 27.6 Å². The Morgan fingerprint density at radius 3 is 2.64 bits per heavy atom. The third-order valence-electron chi connectivity index (χ3n) is 5.23. The van der Waals surface area contributed by atoms with E-state index in [2.05, 4.69) is 10.3 Å². The minimum absolute atomic E-state index is 0.0796. The average Bonchev–Trinajstić information content (AvgIpc) is 3.30. The maximum absolute atomic E-state index is 13.4. The maximum Gasteiger partial charge on any atom is 0.449 e. The van der Waals surface area contributed by atoms with Gasteiger partial charge >= 0.3 is 12.1 Å². The summed E-state index contributed by atoms with van der Waals surface area (Å²) in [6.45, 7) is -1.50. The number of aryl methyl sites for hydroxylation is 1. The van der Waals surface area contributed by atoms with Crippen LogP contribution in [0.1, 0.15) is 39.5 Å². The van der Waals surface area contributed by atoms with Crippen molar-refractivity contribution in [3.05, 3.63) is 46.1 Å². The number of thiophene rings is 1. The summed E-state index contributed by atoms with van der Waals surface area (Å²) in [5, 5.41) is 2.82. The van der Waals surface area contributed by atoms with E-state index < -0.39 is 42.9 Å². The van der Waals surface area contributed by atoms with E-state index in [1.165, 1.54) is 35.6 Å². The highest BCUT2D eigenvalue weighted by molar-refractivity contribution is 7.17. The smallest absolute Gasteiger partial charge is 0.449 e. The molecule has 3 aromatic rings. The lowest BCUT2D eigenvalue weighted by Crippen LogP contribution is -2.25. The summed E-state index contributed by atoms with van der Waals surface area (Å²) in [4.78, 5) is 41.0. The van der Waals surface area contributed by atoms with Crippen molar-refractivity contribution in [2.45, 2.75) is 38.4 Å². The number of nitrogens with two attached hydrogens (primary N) is 1. The first-order valence-corrected chi connectivity index (χ1v) is 10.9. The number of ether oxygens (including phenoxy) is 1. The number of para-hydroxylation sites is 2. The van der Waals surface area contributed by atoms with Crippen LogP contribution >= 0.6 is 11.3 Å². The quantitative estimate of drug-likeness (QED) is 0.526. The number of nitrogens with zero attached hydrogens (tertiary/aromatic N) is 2. The number of hydrogen-bond acceptors (Lipinski definition) is 6. The first-order chi connectivity index (χ1) is 15.6. The van der Waals surface area contributed by atoms with E-state index >= 15 is 0 Å². The Morgan fingerprint density at radius 1 is 1.18 bits per heavy atom. The first kappa shape index (κ1) is 22.8. The summed E-state index contributed by atoms with van der Waals surface area (Å²) in [6.07, 6.45) is -1.42. The highest BCUT2D eigenvalue weighted by Crippen LogP contribution is 2.38. The van der Waals surface area contributed by atoms with Gasteiger partial charge in [0.1, 0.15) is 11.5 Å². The number of carbonyl (C=O) groups excluding carboxylic acids is 3. The molecule has 0 unspecified atom stereocenters. The van der Waals surface area contributed by atoms with E-state index in [1.807, 2.05) is 0 Å². The zero-order valence-corrected chi connectivity index (χ0v) is 18.0. The summed E-state index contributed by atoms with van der Waals surface area (Å²) in [6, 6.07) is 5.86. The number of fused-ring (bicyclic) bond motifs is 2. The van der Waals surface area contributed by atoms with Crippen molar-refractivity contribution in [1.82, 2.24) is 9.55 Å². The van der Waals surface area contributed by atoms with E-state index in [4.69, 9.17) is 10.5 Å². The predicted molar refractivity (Wildman–Crippen MR) is 114 cm³/mol. The van der Waals surface area contributed by atoms with E-state index in [1.54, 1.807) is 0 Å². The fourth-order valence-electron chi connectivity index (χ4n) is 3.85. The van der Waals surface area contributed by atoms with Crippen molar-refractivity contribution in [2.75, 3.05) is 11.9 Å². The van der Waals surface area contributed by atoms with Crippen LogP contribution < -0.4 is 11.1 Å². The summed E-state index contributed by atoms with van der Waals surface area (Å²) >= 11 is 1.25. The molecule has 0 aliphatic heterocycles. The molecule has 12 heteroatoms. The molecule has 0 fully saturated rings. The second kappa shape index (κ2) is 8.85. The lowest BCUT2D eigenvalue weighted by atomic mass is 9.95. The standard InChI is InChI=1S/C21H19F3N4O4S/c22-21(23,24)20-26-12-6-2-3-7-13(12)28(20)9-16(30)32-10-15(29)27-19-17(18(25)31)11-5-1-4-8-14(11)33-19/h2-3,6-7H,1,4-5,8-10H2,(H2,25,31)(H,27,29). The zero-order valence-electron chi connectivity index (χ0n) is 17.2. The number of imidazole rings is 1. The summed E-state index contributed by atoms with van der Waals surface area (Å²) in [5.41, 5.74) is 6.76. The van der Waals surface area contributed by atoms with Crippen molar-refractivity contribution in [2.24, 2.45) is 5.73 Å². The van der Waals surface area contributed by atoms with Crippen LogP contribution in [0.2, 0.25) is 0 Å². The van der Waals surface area contributed by atoms with Crippen molar-refractivity contribution in [3.63, 3.8) is 0 Å². The molecule has 2 aromatic heterocycles. The van der Waals surface area contributed by atoms with Gasteiger partial charge < -0.3 is 20.4 Å². The number of benzene rings is 1. The van der Waals surface area contributed by atoms with E-state index in [0.717, 1.165) is 29.7 Å². The molecule has 3 N–H and O–H groups in total. The second-order valence-electron chi connectivity index (χ2n) is 7.50. The average molecular weight is 480 g/mol. The molecule has 0 saturated heterocycles. The molecule has 1 aromatic carbocycles. The minimum atomic E-state index is -4.78. The number of primary amides is 1. The van der Waals surface area contributed by atoms with Gasteiger partial charge in [0.05, 0.1) is 16.6 Å². The van der Waals surface area contributed by atoms with E-state index in [0.29, 0.717) is 11.0 Å². The Morgan fingerprint density at radius 2 is 1.91 bits per heavy atom. The SMILES string of the molecule is NC(=O)c1c(NC(=O)COC(=O)Cn2c(C(F)(F)F)nc3ccccc32)sc2c1CCCC2. The van der Waals surface area contributed by atoms with Crippen molar-refractivity contribution >= 4 is 45.2 Å². The van der Waals surface area contributed by atoms with Crippen LogP contribution in [-0.4, -0.2) is 33.9 Å². The van der Waals surface area contributed by atoms with Crippen LogP contribution in [0, 0.1) is 0 Å². The molecule has 1 aliphatic rings. The number of aromatic nitrogens is 2. The van der Waals surface area contributed by atoms with Gasteiger partial charge in [-0.15, -0.1) is 11.3 Å². The fraction of sp³-hybridized carbons (Fsp3) is 0.333. The topological polar surface area (TPSA) is 116 Å². The van der Waals surface area contributed by atoms with Crippen molar-refractivity contribution < 1.29 is 32.3 Å². The molecule has 33 heavy (non-hydrogen) atoms. The van der Waals surface area contributed by atoms with Gasteiger partial charge in [-0.3, -0.25) is 14.4 Å². The van der Waals surface area contributed by atoms with Crippen LogP contribution in [0.3, 0.4) is 0 Å². The Labute approximate surface area is 189 Å². The van der Waals surface area contributed by atoms with Gasteiger partial charge in [-0.1, -0.05) is 12.1 Å². The van der Waals surface area contributed by atoms with Crippen LogP contribution in [0.15, 0.2) is 24.3 Å². The highest BCUT2D eigenvalue weighted by atomic mass is 32.1. The molecule has 2 heterocycles. The molecule has 1 aliphatic carbocycles. The van der Waals surface area contributed by atoms with Gasteiger partial charge in [-0.2, -0.15) is 13.2 Å². The van der Waals surface area contributed by atoms with Gasteiger partial charge in [-0.25, -0.2) is 4.98 Å². The van der Waals surface area contributed by atoms with Crippen LogP contribution in [0.4, 0.5) is 18.2 Å². The number of alkyl halides is 3. The maximum atomic E-state index is 13.4. The lowest BCUT2D eigenvalue weighted by Gasteiger charge is -2.12. The monoisotopic (exact) mass is 480 g/mol. The minimum Gasteiger partial charge on any atom is -0.454 e. The highest BCUT2D eigenvalue weighted by Gasteiger charge is 2.38. The second-order valence-corrected chi connectivity index (χ2v) is 8.60. The van der Waals surface area contributed by atoms with E-state index in [-0.39, 0.29) is 21.6 Å². The number of halogens is 3. The number of rotatable bonds is 6. The Hall–Kier alpha value is -3.41. The summed E-state index contributed by atoms with van der Waals surface area (Å²) in [7, 11) is 0. The molecule has 2 amide bonds. The number of nitrogens with one attached hydrogen (secondary N) is 1. The molecule has 0 atom stereocenters. The number of hydrogen-bond donors (Lipinski definition) is 2.